The molecule has 0 N–H and O–H groups in total. The van der Waals surface area contributed by atoms with E-state index in [0.717, 1.165) is 43.4 Å². The monoisotopic (exact) mass is 364 g/mol. The van der Waals surface area contributed by atoms with E-state index in [1.165, 1.54) is 50.7 Å². The minimum atomic E-state index is -1.36. The van der Waals surface area contributed by atoms with E-state index in [1.54, 1.807) is 0 Å². The second-order valence-electron chi connectivity index (χ2n) is 8.40. The van der Waals surface area contributed by atoms with Gasteiger partial charge >= 0.3 is 0 Å². The Kier molecular flexibility index (Phi) is 6.83. The Labute approximate surface area is 155 Å². The quantitative estimate of drug-likeness (QED) is 0.374. The number of allylic oxidation sites excluding steroid dienone is 2. The van der Waals surface area contributed by atoms with E-state index in [0.29, 0.717) is 5.56 Å². The van der Waals surface area contributed by atoms with Crippen LogP contribution in [0, 0.1) is 35.2 Å². The molecule has 0 aliphatic heterocycles. The van der Waals surface area contributed by atoms with Crippen molar-refractivity contribution in [3.8, 4) is 0 Å². The van der Waals surface area contributed by atoms with E-state index < -0.39 is 17.5 Å². The van der Waals surface area contributed by atoms with Gasteiger partial charge in [-0.1, -0.05) is 25.0 Å². The minimum absolute atomic E-state index is 0.173. The molecule has 0 saturated heterocycles. The summed E-state index contributed by atoms with van der Waals surface area (Å²) in [6.45, 7) is 2.11. The maximum absolute atomic E-state index is 13.5. The Hall–Kier alpha value is -1.25. The Bertz CT molecular complexity index is 583. The average molecular weight is 364 g/mol. The number of hydrogen-bond donors (Lipinski definition) is 0. The van der Waals surface area contributed by atoms with Crippen molar-refractivity contribution >= 4 is 0 Å². The molecule has 1 aromatic rings. The molecule has 2 fully saturated rings. The molecule has 2 aliphatic rings. The van der Waals surface area contributed by atoms with Crippen molar-refractivity contribution in [1.29, 1.82) is 0 Å². The van der Waals surface area contributed by atoms with Gasteiger partial charge in [-0.2, -0.15) is 0 Å². The zero-order chi connectivity index (χ0) is 18.5. The summed E-state index contributed by atoms with van der Waals surface area (Å²) in [4.78, 5) is 0. The molecule has 0 heterocycles. The van der Waals surface area contributed by atoms with Gasteiger partial charge in [0.2, 0.25) is 0 Å². The van der Waals surface area contributed by atoms with Crippen molar-refractivity contribution in [1.82, 2.24) is 0 Å². The topological polar surface area (TPSA) is 0 Å². The largest absolute Gasteiger partial charge is 0.204 e. The first-order valence-corrected chi connectivity index (χ1v) is 10.3. The number of benzene rings is 1. The molecule has 0 amide bonds. The van der Waals surface area contributed by atoms with E-state index in [-0.39, 0.29) is 5.92 Å². The summed E-state index contributed by atoms with van der Waals surface area (Å²) in [5, 5.41) is 0. The third-order valence-electron chi connectivity index (χ3n) is 6.66. The molecule has 0 radical (unpaired) electrons. The molecule has 0 aromatic heterocycles. The van der Waals surface area contributed by atoms with Gasteiger partial charge in [0.25, 0.3) is 0 Å². The molecule has 2 saturated carbocycles. The Morgan fingerprint density at radius 3 is 1.81 bits per heavy atom. The molecule has 0 atom stereocenters. The first-order chi connectivity index (χ1) is 12.6. The van der Waals surface area contributed by atoms with E-state index in [4.69, 9.17) is 0 Å². The third kappa shape index (κ3) is 4.92. The summed E-state index contributed by atoms with van der Waals surface area (Å²) < 4.78 is 40.0. The fourth-order valence-corrected chi connectivity index (χ4v) is 5.01. The smallest absolute Gasteiger partial charge is 0.194 e. The van der Waals surface area contributed by atoms with Gasteiger partial charge in [0.05, 0.1) is 0 Å². The maximum Gasteiger partial charge on any atom is 0.194 e. The fourth-order valence-electron chi connectivity index (χ4n) is 5.01. The fraction of sp³-hybridized carbons (Fsp3) is 0.652. The van der Waals surface area contributed by atoms with Gasteiger partial charge < -0.3 is 0 Å². The van der Waals surface area contributed by atoms with Crippen LogP contribution in [0.5, 0.6) is 0 Å². The standard InChI is InChI=1S/C23H31F3/c1-2-3-16-4-6-17(7-5-16)8-9-18-10-12-19(13-11-18)20-14-21(24)23(26)22(25)15-20/h2-3,14-19H,4-13H2,1H3/b3-2+. The van der Waals surface area contributed by atoms with Crippen molar-refractivity contribution in [2.75, 3.05) is 0 Å². The second kappa shape index (κ2) is 9.10. The van der Waals surface area contributed by atoms with Crippen LogP contribution in [0.3, 0.4) is 0 Å². The number of rotatable bonds is 5. The van der Waals surface area contributed by atoms with Crippen LogP contribution in [-0.4, -0.2) is 0 Å². The first-order valence-electron chi connectivity index (χ1n) is 10.3. The Balaban J connectivity index is 1.42. The number of halogens is 3. The van der Waals surface area contributed by atoms with Crippen LogP contribution in [0.1, 0.15) is 82.6 Å². The highest BCUT2D eigenvalue weighted by Gasteiger charge is 2.26. The molecule has 1 aromatic carbocycles. The molecule has 0 bridgehead atoms. The maximum atomic E-state index is 13.5. The van der Waals surface area contributed by atoms with Crippen LogP contribution < -0.4 is 0 Å². The van der Waals surface area contributed by atoms with Crippen molar-refractivity contribution in [2.24, 2.45) is 17.8 Å². The highest BCUT2D eigenvalue weighted by atomic mass is 19.2. The van der Waals surface area contributed by atoms with E-state index >= 15 is 0 Å². The lowest BCUT2D eigenvalue weighted by molar-refractivity contribution is 0.246. The van der Waals surface area contributed by atoms with Crippen molar-refractivity contribution in [3.05, 3.63) is 47.3 Å². The molecular weight excluding hydrogens is 333 g/mol. The summed E-state index contributed by atoms with van der Waals surface area (Å²) in [5.74, 6) is -0.877. The van der Waals surface area contributed by atoms with E-state index in [9.17, 15) is 13.2 Å². The molecule has 26 heavy (non-hydrogen) atoms. The summed E-state index contributed by atoms with van der Waals surface area (Å²) in [6.07, 6.45) is 16.7. The van der Waals surface area contributed by atoms with Gasteiger partial charge in [0, 0.05) is 0 Å². The second-order valence-corrected chi connectivity index (χ2v) is 8.40. The van der Waals surface area contributed by atoms with Crippen LogP contribution in [-0.2, 0) is 0 Å². The van der Waals surface area contributed by atoms with Crippen molar-refractivity contribution in [3.63, 3.8) is 0 Å². The zero-order valence-corrected chi connectivity index (χ0v) is 15.8. The van der Waals surface area contributed by atoms with Gasteiger partial charge in [0.1, 0.15) is 0 Å². The number of hydrogen-bond acceptors (Lipinski definition) is 0. The van der Waals surface area contributed by atoms with E-state index in [1.807, 2.05) is 0 Å². The highest BCUT2D eigenvalue weighted by molar-refractivity contribution is 5.23. The average Bonchev–Trinajstić information content (AvgIpc) is 2.66. The molecule has 3 rings (SSSR count). The molecule has 144 valence electrons. The van der Waals surface area contributed by atoms with E-state index in [2.05, 4.69) is 19.1 Å². The predicted octanol–water partition coefficient (Wildman–Crippen LogP) is 7.54. The van der Waals surface area contributed by atoms with Crippen LogP contribution in [0.2, 0.25) is 0 Å². The lowest BCUT2D eigenvalue weighted by atomic mass is 9.74. The van der Waals surface area contributed by atoms with Crippen LogP contribution in [0.25, 0.3) is 0 Å². The van der Waals surface area contributed by atoms with Gasteiger partial charge in [-0.15, -0.1) is 0 Å². The van der Waals surface area contributed by atoms with Gasteiger partial charge in [0.15, 0.2) is 17.5 Å². The zero-order valence-electron chi connectivity index (χ0n) is 15.8. The predicted molar refractivity (Wildman–Crippen MR) is 101 cm³/mol. The lowest BCUT2D eigenvalue weighted by Gasteiger charge is -2.31. The lowest BCUT2D eigenvalue weighted by Crippen LogP contribution is -2.17. The molecule has 3 heteroatoms. The van der Waals surface area contributed by atoms with Gasteiger partial charge in [-0.3, -0.25) is 0 Å². The highest BCUT2D eigenvalue weighted by Crippen LogP contribution is 2.40. The molecule has 0 unspecified atom stereocenters. The van der Waals surface area contributed by atoms with Gasteiger partial charge in [-0.05, 0) is 99.7 Å². The summed E-state index contributed by atoms with van der Waals surface area (Å²) >= 11 is 0. The van der Waals surface area contributed by atoms with Gasteiger partial charge in [-0.25, -0.2) is 13.2 Å². The first kappa shape index (κ1) is 19.5. The van der Waals surface area contributed by atoms with Crippen molar-refractivity contribution in [2.45, 2.75) is 77.0 Å². The Morgan fingerprint density at radius 1 is 0.808 bits per heavy atom. The normalized spacial score (nSPS) is 30.0. The van der Waals surface area contributed by atoms with Crippen LogP contribution in [0.4, 0.5) is 13.2 Å². The van der Waals surface area contributed by atoms with Crippen LogP contribution >= 0.6 is 0 Å². The Morgan fingerprint density at radius 2 is 1.31 bits per heavy atom. The summed E-state index contributed by atoms with van der Waals surface area (Å²) in [5.41, 5.74) is 0.627. The third-order valence-corrected chi connectivity index (χ3v) is 6.66. The molecule has 0 nitrogen and oxygen atoms in total. The minimum Gasteiger partial charge on any atom is -0.204 e. The summed E-state index contributed by atoms with van der Waals surface area (Å²) in [7, 11) is 0. The molecule has 0 spiro atoms. The summed E-state index contributed by atoms with van der Waals surface area (Å²) in [6, 6.07) is 2.37. The SMILES string of the molecule is C/C=C/C1CCC(CCC2CCC(c3cc(F)c(F)c(F)c3)CC2)CC1. The van der Waals surface area contributed by atoms with Crippen LogP contribution in [0.15, 0.2) is 24.3 Å². The van der Waals surface area contributed by atoms with Crippen molar-refractivity contribution < 1.29 is 13.2 Å². The molecule has 2 aliphatic carbocycles. The molecular formula is C23H31F3.